The van der Waals surface area contributed by atoms with E-state index in [0.29, 0.717) is 24.3 Å². The van der Waals surface area contributed by atoms with Crippen molar-refractivity contribution >= 4 is 27.5 Å². The summed E-state index contributed by atoms with van der Waals surface area (Å²) in [5, 5.41) is 5.57. The molecule has 1 saturated carbocycles. The maximum Gasteiger partial charge on any atom is 0.291 e. The molecule has 0 radical (unpaired) electrons. The fourth-order valence-corrected chi connectivity index (χ4v) is 4.97. The summed E-state index contributed by atoms with van der Waals surface area (Å²) < 4.78 is 32.3. The van der Waals surface area contributed by atoms with E-state index in [0.717, 1.165) is 25.7 Å². The van der Waals surface area contributed by atoms with Crippen molar-refractivity contribution < 1.29 is 22.4 Å². The minimum atomic E-state index is -3.66. The molecule has 1 aromatic carbocycles. The molecule has 0 bridgehead atoms. The molecule has 2 aliphatic rings. The molecule has 2 N–H and O–H groups in total. The van der Waals surface area contributed by atoms with Crippen molar-refractivity contribution in [2.24, 2.45) is 0 Å². The van der Waals surface area contributed by atoms with E-state index < -0.39 is 15.9 Å². The second-order valence-corrected chi connectivity index (χ2v) is 9.33. The minimum Gasteiger partial charge on any atom is -0.455 e. The molecule has 0 atom stereocenters. The lowest BCUT2D eigenvalue weighted by molar-refractivity contribution is 0.0950. The highest BCUT2D eigenvalue weighted by atomic mass is 32.2. The number of amides is 2. The monoisotopic (exact) mass is 417 g/mol. The Labute approximate surface area is 169 Å². The molecule has 1 aromatic heterocycles. The second-order valence-electron chi connectivity index (χ2n) is 7.42. The number of furan rings is 1. The van der Waals surface area contributed by atoms with E-state index in [1.54, 1.807) is 24.3 Å². The SMILES string of the molecule is Cc1oc(C(=O)Nc2ccc(C(=O)NC3CC3)cc2)cc1S(=O)(=O)N1CCCC1. The summed E-state index contributed by atoms with van der Waals surface area (Å²) >= 11 is 0. The van der Waals surface area contributed by atoms with Gasteiger partial charge in [0.25, 0.3) is 11.8 Å². The predicted molar refractivity (Wildman–Crippen MR) is 106 cm³/mol. The van der Waals surface area contributed by atoms with Crippen molar-refractivity contribution in [2.75, 3.05) is 18.4 Å². The van der Waals surface area contributed by atoms with Crippen LogP contribution in [-0.4, -0.2) is 43.7 Å². The van der Waals surface area contributed by atoms with Crippen LogP contribution in [0.5, 0.6) is 0 Å². The van der Waals surface area contributed by atoms with Crippen LogP contribution in [0.25, 0.3) is 0 Å². The topological polar surface area (TPSA) is 109 Å². The Hall–Kier alpha value is -2.65. The smallest absolute Gasteiger partial charge is 0.291 e. The number of carbonyl (C=O) groups is 2. The van der Waals surface area contributed by atoms with Crippen LogP contribution in [0.1, 0.15) is 52.4 Å². The van der Waals surface area contributed by atoms with Gasteiger partial charge in [-0.1, -0.05) is 0 Å². The van der Waals surface area contributed by atoms with Crippen molar-refractivity contribution in [3.8, 4) is 0 Å². The zero-order chi connectivity index (χ0) is 20.6. The van der Waals surface area contributed by atoms with Crippen LogP contribution in [0.3, 0.4) is 0 Å². The molecule has 8 nitrogen and oxygen atoms in total. The largest absolute Gasteiger partial charge is 0.455 e. The molecule has 2 heterocycles. The third kappa shape index (κ3) is 4.20. The quantitative estimate of drug-likeness (QED) is 0.751. The summed E-state index contributed by atoms with van der Waals surface area (Å²) in [6.07, 6.45) is 3.69. The number of hydrogen-bond donors (Lipinski definition) is 2. The van der Waals surface area contributed by atoms with Crippen molar-refractivity contribution in [3.63, 3.8) is 0 Å². The number of nitrogens with one attached hydrogen (secondary N) is 2. The van der Waals surface area contributed by atoms with Crippen LogP contribution in [0.4, 0.5) is 5.69 Å². The molecule has 154 valence electrons. The average molecular weight is 417 g/mol. The summed E-state index contributed by atoms with van der Waals surface area (Å²) in [4.78, 5) is 24.6. The van der Waals surface area contributed by atoms with Gasteiger partial charge in [-0.25, -0.2) is 8.42 Å². The normalized spacial score (nSPS) is 17.3. The van der Waals surface area contributed by atoms with Gasteiger partial charge in [-0.2, -0.15) is 4.31 Å². The Bertz CT molecular complexity index is 1030. The van der Waals surface area contributed by atoms with Crippen LogP contribution in [0, 0.1) is 6.92 Å². The van der Waals surface area contributed by atoms with Crippen LogP contribution in [-0.2, 0) is 10.0 Å². The van der Waals surface area contributed by atoms with Crippen molar-refractivity contribution in [3.05, 3.63) is 47.4 Å². The standard InChI is InChI=1S/C20H23N3O5S/c1-13-18(29(26,27)23-10-2-3-11-23)12-17(28-13)20(25)22-15-6-4-14(5-7-15)19(24)21-16-8-9-16/h4-7,12,16H,2-3,8-11H2,1H3,(H,21,24)(H,22,25). The summed E-state index contributed by atoms with van der Waals surface area (Å²) in [6, 6.07) is 8.05. The van der Waals surface area contributed by atoms with Crippen molar-refractivity contribution in [2.45, 2.75) is 43.5 Å². The molecule has 2 fully saturated rings. The number of sulfonamides is 1. The molecular formula is C20H23N3O5S. The molecule has 4 rings (SSSR count). The Balaban J connectivity index is 1.45. The maximum absolute atomic E-state index is 12.7. The van der Waals surface area contributed by atoms with Gasteiger partial charge in [0.1, 0.15) is 10.7 Å². The van der Waals surface area contributed by atoms with E-state index in [2.05, 4.69) is 10.6 Å². The van der Waals surface area contributed by atoms with E-state index in [-0.39, 0.29) is 28.4 Å². The third-order valence-electron chi connectivity index (χ3n) is 5.10. The molecule has 0 unspecified atom stereocenters. The first-order valence-electron chi connectivity index (χ1n) is 9.67. The number of hydrogen-bond acceptors (Lipinski definition) is 5. The lowest BCUT2D eigenvalue weighted by Gasteiger charge is -2.14. The number of carbonyl (C=O) groups excluding carboxylic acids is 2. The van der Waals surface area contributed by atoms with E-state index in [1.807, 2.05) is 0 Å². The van der Waals surface area contributed by atoms with Crippen molar-refractivity contribution in [1.29, 1.82) is 0 Å². The average Bonchev–Trinajstić information content (AvgIpc) is 3.17. The molecule has 2 aromatic rings. The van der Waals surface area contributed by atoms with E-state index in [4.69, 9.17) is 4.42 Å². The van der Waals surface area contributed by atoms with E-state index in [9.17, 15) is 18.0 Å². The zero-order valence-electron chi connectivity index (χ0n) is 16.1. The van der Waals surface area contributed by atoms with Gasteiger partial charge in [0.15, 0.2) is 5.76 Å². The summed E-state index contributed by atoms with van der Waals surface area (Å²) in [6.45, 7) is 2.50. The van der Waals surface area contributed by atoms with E-state index in [1.165, 1.54) is 17.3 Å². The van der Waals surface area contributed by atoms with Gasteiger partial charge in [-0.05, 0) is 56.9 Å². The second kappa shape index (κ2) is 7.64. The molecule has 29 heavy (non-hydrogen) atoms. The number of rotatable bonds is 6. The first kappa shape index (κ1) is 19.7. The number of aryl methyl sites for hydroxylation is 1. The first-order valence-corrected chi connectivity index (χ1v) is 11.1. The summed E-state index contributed by atoms with van der Waals surface area (Å²) in [5.41, 5.74) is 0.999. The predicted octanol–water partition coefficient (Wildman–Crippen LogP) is 2.52. The number of benzene rings is 1. The van der Waals surface area contributed by atoms with Gasteiger partial charge in [0, 0.05) is 36.4 Å². The molecule has 0 spiro atoms. The lowest BCUT2D eigenvalue weighted by atomic mass is 10.2. The number of anilines is 1. The van der Waals surface area contributed by atoms with Crippen molar-refractivity contribution in [1.82, 2.24) is 9.62 Å². The fourth-order valence-electron chi connectivity index (χ4n) is 3.29. The Morgan fingerprint density at radius 1 is 1.07 bits per heavy atom. The minimum absolute atomic E-state index is 0.0247. The third-order valence-corrected chi connectivity index (χ3v) is 7.10. The highest BCUT2D eigenvalue weighted by Crippen LogP contribution is 2.27. The zero-order valence-corrected chi connectivity index (χ0v) is 16.9. The highest BCUT2D eigenvalue weighted by Gasteiger charge is 2.31. The first-order chi connectivity index (χ1) is 13.8. The van der Waals surface area contributed by atoms with Crippen LogP contribution >= 0.6 is 0 Å². The summed E-state index contributed by atoms with van der Waals surface area (Å²) in [7, 11) is -3.66. The molecule has 1 saturated heterocycles. The van der Waals surface area contributed by atoms with Gasteiger partial charge in [0.05, 0.1) is 0 Å². The Morgan fingerprint density at radius 3 is 2.34 bits per heavy atom. The Morgan fingerprint density at radius 2 is 1.72 bits per heavy atom. The van der Waals surface area contributed by atoms with Gasteiger partial charge in [-0.15, -0.1) is 0 Å². The molecule has 1 aliphatic heterocycles. The van der Waals surface area contributed by atoms with Crippen LogP contribution in [0.2, 0.25) is 0 Å². The molecule has 2 amide bonds. The lowest BCUT2D eigenvalue weighted by Crippen LogP contribution is -2.28. The van der Waals surface area contributed by atoms with E-state index >= 15 is 0 Å². The molecular weight excluding hydrogens is 394 g/mol. The van der Waals surface area contributed by atoms with Gasteiger partial charge in [0.2, 0.25) is 10.0 Å². The number of nitrogens with zero attached hydrogens (tertiary/aromatic N) is 1. The molecule has 1 aliphatic carbocycles. The van der Waals surface area contributed by atoms with Crippen LogP contribution < -0.4 is 10.6 Å². The van der Waals surface area contributed by atoms with Gasteiger partial charge < -0.3 is 15.1 Å². The Kier molecular flexibility index (Phi) is 5.18. The van der Waals surface area contributed by atoms with Gasteiger partial charge >= 0.3 is 0 Å². The maximum atomic E-state index is 12.7. The fraction of sp³-hybridized carbons (Fsp3) is 0.400. The van der Waals surface area contributed by atoms with Gasteiger partial charge in [-0.3, -0.25) is 9.59 Å². The van der Waals surface area contributed by atoms with Crippen LogP contribution in [0.15, 0.2) is 39.6 Å². The summed E-state index contributed by atoms with van der Waals surface area (Å²) in [5.74, 6) is -0.570. The molecule has 9 heteroatoms. The highest BCUT2D eigenvalue weighted by molar-refractivity contribution is 7.89.